The highest BCUT2D eigenvalue weighted by atomic mass is 16.5. The first-order chi connectivity index (χ1) is 14.5. The molecule has 1 atom stereocenters. The van der Waals surface area contributed by atoms with Crippen molar-refractivity contribution in [1.82, 2.24) is 20.6 Å². The molecule has 0 bridgehead atoms. The Balaban J connectivity index is 1.72. The lowest BCUT2D eigenvalue weighted by Crippen LogP contribution is -2.31. The Morgan fingerprint density at radius 1 is 1.30 bits per heavy atom. The Hall–Kier alpha value is -4.06. The molecule has 1 unspecified atom stereocenters. The molecule has 0 spiro atoms. The second-order valence-electron chi connectivity index (χ2n) is 6.84. The third-order valence-corrected chi connectivity index (χ3v) is 4.81. The van der Waals surface area contributed by atoms with Gasteiger partial charge in [-0.2, -0.15) is 0 Å². The lowest BCUT2D eigenvalue weighted by molar-refractivity contribution is -0.119. The molecule has 0 saturated carbocycles. The molecule has 1 saturated heterocycles. The molecule has 3 aromatic rings. The molecule has 1 aromatic carbocycles. The number of nitrogens with zero attached hydrogens (tertiary/aromatic N) is 1. The lowest BCUT2D eigenvalue weighted by Gasteiger charge is -2.13. The number of carboxylic acid groups (broad SMARTS) is 1. The third kappa shape index (κ3) is 4.03. The Morgan fingerprint density at radius 3 is 2.93 bits per heavy atom. The molecule has 2 amide bonds. The fourth-order valence-electron chi connectivity index (χ4n) is 3.36. The largest absolute Gasteiger partial charge is 0.475 e. The first-order valence-electron chi connectivity index (χ1n) is 9.33. The highest BCUT2D eigenvalue weighted by Crippen LogP contribution is 2.28. The number of carbonyl (C=O) groups is 2. The molecular formula is C21H18N4O5. The van der Waals surface area contributed by atoms with Crippen molar-refractivity contribution >= 4 is 33.5 Å². The average Bonchev–Trinajstić information content (AvgIpc) is 3.15. The smallest absolute Gasteiger partial charge is 0.405 e. The molecule has 0 aliphatic carbocycles. The van der Waals surface area contributed by atoms with Crippen LogP contribution in [-0.2, 0) is 4.79 Å². The van der Waals surface area contributed by atoms with Crippen LogP contribution >= 0.6 is 0 Å². The van der Waals surface area contributed by atoms with Crippen LogP contribution < -0.4 is 20.9 Å². The zero-order valence-corrected chi connectivity index (χ0v) is 15.8. The molecule has 30 heavy (non-hydrogen) atoms. The Morgan fingerprint density at radius 2 is 2.17 bits per heavy atom. The predicted octanol–water partition coefficient (Wildman–Crippen LogP) is 1.35. The molecule has 1 aliphatic rings. The summed E-state index contributed by atoms with van der Waals surface area (Å²) in [6.07, 6.45) is 3.14. The van der Waals surface area contributed by atoms with E-state index in [1.54, 1.807) is 24.4 Å². The van der Waals surface area contributed by atoms with Crippen LogP contribution in [0.3, 0.4) is 0 Å². The number of rotatable bonds is 4. The van der Waals surface area contributed by atoms with Crippen molar-refractivity contribution in [1.29, 1.82) is 0 Å². The summed E-state index contributed by atoms with van der Waals surface area (Å²) in [5.41, 5.74) is 0.297. The second-order valence-corrected chi connectivity index (χ2v) is 6.84. The van der Waals surface area contributed by atoms with E-state index in [0.29, 0.717) is 47.1 Å². The standard InChI is InChI=1S/C21H18N4O5/c26-18-4-3-14(25-18)11-30-20-16-9-15-13(2-1-6-23-21(28)29)10-24-19(27)17(15)8-12(16)5-7-22-20/h5,7-10,14,23H,3-4,6,11H2,(H,24,27)(H,25,26)(H,28,29). The Labute approximate surface area is 170 Å². The van der Waals surface area contributed by atoms with Crippen LogP contribution in [0.25, 0.3) is 21.5 Å². The second kappa shape index (κ2) is 8.13. The number of pyridine rings is 2. The van der Waals surface area contributed by atoms with Gasteiger partial charge < -0.3 is 25.5 Å². The van der Waals surface area contributed by atoms with Crippen molar-refractivity contribution in [2.45, 2.75) is 18.9 Å². The van der Waals surface area contributed by atoms with Gasteiger partial charge in [0.2, 0.25) is 11.8 Å². The summed E-state index contributed by atoms with van der Waals surface area (Å²) >= 11 is 0. The van der Waals surface area contributed by atoms with Crippen LogP contribution in [0.4, 0.5) is 4.79 Å². The van der Waals surface area contributed by atoms with Gasteiger partial charge in [0.15, 0.2) is 0 Å². The van der Waals surface area contributed by atoms with Crippen molar-refractivity contribution in [3.8, 4) is 17.7 Å². The monoisotopic (exact) mass is 406 g/mol. The van der Waals surface area contributed by atoms with Gasteiger partial charge in [0.1, 0.15) is 6.61 Å². The van der Waals surface area contributed by atoms with Gasteiger partial charge in [-0.15, -0.1) is 0 Å². The molecule has 9 nitrogen and oxygen atoms in total. The molecule has 4 N–H and O–H groups in total. The first-order valence-corrected chi connectivity index (χ1v) is 9.33. The van der Waals surface area contributed by atoms with E-state index in [4.69, 9.17) is 9.84 Å². The third-order valence-electron chi connectivity index (χ3n) is 4.81. The minimum atomic E-state index is -1.16. The molecule has 1 aliphatic heterocycles. The topological polar surface area (TPSA) is 133 Å². The summed E-state index contributed by atoms with van der Waals surface area (Å²) in [4.78, 5) is 41.2. The van der Waals surface area contributed by atoms with Crippen LogP contribution in [0, 0.1) is 11.8 Å². The van der Waals surface area contributed by atoms with Gasteiger partial charge in [0.05, 0.1) is 12.6 Å². The first kappa shape index (κ1) is 19.3. The number of carbonyl (C=O) groups excluding carboxylic acids is 1. The SMILES string of the molecule is O=C(O)NCC#Cc1c[nH]c(=O)c2cc3ccnc(OCC4CCC(=O)N4)c3cc12. The van der Waals surface area contributed by atoms with Crippen LogP contribution in [-0.4, -0.2) is 46.3 Å². The Kier molecular flexibility index (Phi) is 5.22. The van der Waals surface area contributed by atoms with Crippen molar-refractivity contribution < 1.29 is 19.4 Å². The van der Waals surface area contributed by atoms with Gasteiger partial charge in [0.25, 0.3) is 5.56 Å². The summed E-state index contributed by atoms with van der Waals surface area (Å²) in [5, 5.41) is 16.2. The minimum absolute atomic E-state index is 0.0142. The normalized spacial score (nSPS) is 15.5. The van der Waals surface area contributed by atoms with Crippen molar-refractivity contribution in [3.05, 3.63) is 46.5 Å². The van der Waals surface area contributed by atoms with Crippen LogP contribution in [0.5, 0.6) is 5.88 Å². The zero-order chi connectivity index (χ0) is 21.1. The van der Waals surface area contributed by atoms with Crippen LogP contribution in [0.15, 0.2) is 35.4 Å². The number of H-pyrrole nitrogens is 1. The van der Waals surface area contributed by atoms with Crippen molar-refractivity contribution in [2.24, 2.45) is 0 Å². The minimum Gasteiger partial charge on any atom is -0.475 e. The van der Waals surface area contributed by atoms with Gasteiger partial charge in [-0.05, 0) is 30.0 Å². The summed E-state index contributed by atoms with van der Waals surface area (Å²) in [6, 6.07) is 5.27. The number of ether oxygens (including phenoxy) is 1. The number of amides is 2. The van der Waals surface area contributed by atoms with Crippen molar-refractivity contribution in [3.63, 3.8) is 0 Å². The summed E-state index contributed by atoms with van der Waals surface area (Å²) in [7, 11) is 0. The summed E-state index contributed by atoms with van der Waals surface area (Å²) in [5.74, 6) is 6.02. The number of fused-ring (bicyclic) bond motifs is 2. The molecule has 3 heterocycles. The van der Waals surface area contributed by atoms with Crippen LogP contribution in [0.1, 0.15) is 18.4 Å². The van der Waals surface area contributed by atoms with Gasteiger partial charge in [0, 0.05) is 40.5 Å². The number of nitrogens with one attached hydrogen (secondary N) is 3. The fraction of sp³-hybridized carbons (Fsp3) is 0.238. The number of hydrogen-bond donors (Lipinski definition) is 4. The molecule has 0 radical (unpaired) electrons. The van der Waals surface area contributed by atoms with Crippen LogP contribution in [0.2, 0.25) is 0 Å². The quantitative estimate of drug-likeness (QED) is 0.382. The van der Waals surface area contributed by atoms with E-state index in [0.717, 1.165) is 5.39 Å². The molecular weight excluding hydrogens is 388 g/mol. The molecule has 4 rings (SSSR count). The number of hydrogen-bond acceptors (Lipinski definition) is 5. The van der Waals surface area contributed by atoms with Gasteiger partial charge >= 0.3 is 6.09 Å². The Bertz CT molecular complexity index is 1270. The highest BCUT2D eigenvalue weighted by molar-refractivity contribution is 6.01. The van der Waals surface area contributed by atoms with Crippen molar-refractivity contribution in [2.75, 3.05) is 13.2 Å². The number of aromatic nitrogens is 2. The summed E-state index contributed by atoms with van der Waals surface area (Å²) in [6.45, 7) is 0.269. The van der Waals surface area contributed by atoms with E-state index in [-0.39, 0.29) is 24.1 Å². The van der Waals surface area contributed by atoms with E-state index >= 15 is 0 Å². The average molecular weight is 406 g/mol. The van der Waals surface area contributed by atoms with Gasteiger partial charge in [-0.1, -0.05) is 11.8 Å². The molecule has 2 aromatic heterocycles. The predicted molar refractivity (Wildman–Crippen MR) is 109 cm³/mol. The number of aromatic amines is 1. The molecule has 152 valence electrons. The van der Waals surface area contributed by atoms with Gasteiger partial charge in [-0.3, -0.25) is 9.59 Å². The highest BCUT2D eigenvalue weighted by Gasteiger charge is 2.21. The lowest BCUT2D eigenvalue weighted by atomic mass is 10.0. The van der Waals surface area contributed by atoms with E-state index < -0.39 is 6.09 Å². The summed E-state index contributed by atoms with van der Waals surface area (Å²) < 4.78 is 5.87. The van der Waals surface area contributed by atoms with E-state index in [2.05, 4.69) is 32.4 Å². The maximum absolute atomic E-state index is 12.3. The molecule has 1 fully saturated rings. The fourth-order valence-corrected chi connectivity index (χ4v) is 3.36. The van der Waals surface area contributed by atoms with E-state index in [1.165, 1.54) is 6.20 Å². The maximum Gasteiger partial charge on any atom is 0.405 e. The van der Waals surface area contributed by atoms with E-state index in [1.807, 2.05) is 0 Å². The number of benzene rings is 1. The van der Waals surface area contributed by atoms with Gasteiger partial charge in [-0.25, -0.2) is 9.78 Å². The maximum atomic E-state index is 12.3. The zero-order valence-electron chi connectivity index (χ0n) is 15.8. The molecule has 9 heteroatoms. The van der Waals surface area contributed by atoms with E-state index in [9.17, 15) is 14.4 Å².